The molecule has 0 aliphatic carbocycles. The standard InChI is InChI=1S/C21H18N2O4.C2H6.CH4/c24-21-22-20(11-17-16-6-2-1-5-14(16)9-10-23(17)21)26-13-15-12-25-18-7-3-4-8-19(18)27-15;1-2;/h1-8,11,15H,9-10,12-13H2;1-2H3;1H4. The van der Waals surface area contributed by atoms with Crippen LogP contribution < -0.4 is 19.9 Å². The molecule has 1 unspecified atom stereocenters. The van der Waals surface area contributed by atoms with Gasteiger partial charge < -0.3 is 14.2 Å². The molecule has 1 atom stereocenters. The summed E-state index contributed by atoms with van der Waals surface area (Å²) in [5.41, 5.74) is 2.84. The molecule has 3 aromatic rings. The molecule has 0 bridgehead atoms. The second-order valence-corrected chi connectivity index (χ2v) is 6.63. The maximum Gasteiger partial charge on any atom is 0.351 e. The van der Waals surface area contributed by atoms with Gasteiger partial charge in [-0.3, -0.25) is 4.57 Å². The Morgan fingerprint density at radius 1 is 1.10 bits per heavy atom. The molecular formula is C24H28N2O4. The Labute approximate surface area is 177 Å². The highest BCUT2D eigenvalue weighted by molar-refractivity contribution is 5.66. The fraction of sp³-hybridized carbons (Fsp3) is 0.333. The van der Waals surface area contributed by atoms with Crippen LogP contribution in [0.5, 0.6) is 17.4 Å². The molecule has 2 aromatic carbocycles. The molecule has 30 heavy (non-hydrogen) atoms. The molecular weight excluding hydrogens is 380 g/mol. The first kappa shape index (κ1) is 21.4. The third-order valence-electron chi connectivity index (χ3n) is 4.87. The summed E-state index contributed by atoms with van der Waals surface area (Å²) in [6.45, 7) is 5.28. The van der Waals surface area contributed by atoms with Crippen molar-refractivity contribution in [3.63, 3.8) is 0 Å². The zero-order valence-electron chi connectivity index (χ0n) is 16.6. The molecule has 6 nitrogen and oxygen atoms in total. The van der Waals surface area contributed by atoms with Crippen LogP contribution in [-0.4, -0.2) is 28.9 Å². The average molecular weight is 408 g/mol. The number of rotatable bonds is 3. The summed E-state index contributed by atoms with van der Waals surface area (Å²) in [4.78, 5) is 16.5. The van der Waals surface area contributed by atoms with Gasteiger partial charge in [-0.25, -0.2) is 4.79 Å². The van der Waals surface area contributed by atoms with Gasteiger partial charge in [0, 0.05) is 18.2 Å². The van der Waals surface area contributed by atoms with Crippen LogP contribution >= 0.6 is 0 Å². The molecule has 0 fully saturated rings. The van der Waals surface area contributed by atoms with Gasteiger partial charge in [-0.15, -0.1) is 0 Å². The monoisotopic (exact) mass is 408 g/mol. The predicted octanol–water partition coefficient (Wildman–Crippen LogP) is 4.35. The lowest BCUT2D eigenvalue weighted by atomic mass is 9.98. The fourth-order valence-corrected chi connectivity index (χ4v) is 3.54. The van der Waals surface area contributed by atoms with Crippen molar-refractivity contribution in [3.05, 3.63) is 70.6 Å². The van der Waals surface area contributed by atoms with Crippen molar-refractivity contribution < 1.29 is 14.2 Å². The van der Waals surface area contributed by atoms with Crippen molar-refractivity contribution in [1.29, 1.82) is 0 Å². The normalized spacial score (nSPS) is 15.5. The molecule has 2 aliphatic rings. The lowest BCUT2D eigenvalue weighted by molar-refractivity contribution is 0.0520. The second kappa shape index (κ2) is 9.48. The van der Waals surface area contributed by atoms with E-state index in [1.165, 1.54) is 5.56 Å². The lowest BCUT2D eigenvalue weighted by Gasteiger charge is -2.26. The number of para-hydroxylation sites is 2. The molecule has 5 rings (SSSR count). The Balaban J connectivity index is 0.000000830. The maximum absolute atomic E-state index is 12.4. The van der Waals surface area contributed by atoms with E-state index in [1.807, 2.05) is 62.4 Å². The van der Waals surface area contributed by atoms with Gasteiger partial charge in [0.05, 0.1) is 5.69 Å². The Morgan fingerprint density at radius 2 is 1.83 bits per heavy atom. The Bertz CT molecular complexity index is 1060. The highest BCUT2D eigenvalue weighted by Gasteiger charge is 2.23. The van der Waals surface area contributed by atoms with E-state index in [4.69, 9.17) is 14.2 Å². The summed E-state index contributed by atoms with van der Waals surface area (Å²) in [6, 6.07) is 17.5. The lowest BCUT2D eigenvalue weighted by Crippen LogP contribution is -2.35. The number of hydrogen-bond donors (Lipinski definition) is 0. The summed E-state index contributed by atoms with van der Waals surface area (Å²) in [5.74, 6) is 1.74. The molecule has 158 valence electrons. The Kier molecular flexibility index (Phi) is 6.77. The van der Waals surface area contributed by atoms with Crippen LogP contribution in [0.4, 0.5) is 0 Å². The first-order valence-electron chi connectivity index (χ1n) is 9.99. The van der Waals surface area contributed by atoms with Crippen LogP contribution in [0.25, 0.3) is 11.3 Å². The number of fused-ring (bicyclic) bond motifs is 4. The highest BCUT2D eigenvalue weighted by atomic mass is 16.6. The van der Waals surface area contributed by atoms with Crippen molar-refractivity contribution in [2.75, 3.05) is 13.2 Å². The minimum Gasteiger partial charge on any atom is -0.486 e. The van der Waals surface area contributed by atoms with Crippen molar-refractivity contribution in [1.82, 2.24) is 9.55 Å². The average Bonchev–Trinajstić information content (AvgIpc) is 2.79. The van der Waals surface area contributed by atoms with E-state index in [0.717, 1.165) is 23.4 Å². The largest absolute Gasteiger partial charge is 0.486 e. The Morgan fingerprint density at radius 3 is 2.67 bits per heavy atom. The third kappa shape index (κ3) is 4.17. The summed E-state index contributed by atoms with van der Waals surface area (Å²) in [6.07, 6.45) is 0.574. The second-order valence-electron chi connectivity index (χ2n) is 6.63. The van der Waals surface area contributed by atoms with Crippen LogP contribution in [-0.2, 0) is 13.0 Å². The minimum absolute atomic E-state index is 0. The molecule has 0 saturated heterocycles. The van der Waals surface area contributed by atoms with Gasteiger partial charge in [-0.05, 0) is 24.1 Å². The van der Waals surface area contributed by atoms with Gasteiger partial charge >= 0.3 is 5.69 Å². The summed E-state index contributed by atoms with van der Waals surface area (Å²) in [7, 11) is 0. The third-order valence-corrected chi connectivity index (χ3v) is 4.87. The van der Waals surface area contributed by atoms with E-state index in [0.29, 0.717) is 24.8 Å². The quantitative estimate of drug-likeness (QED) is 0.645. The van der Waals surface area contributed by atoms with Crippen molar-refractivity contribution in [2.24, 2.45) is 0 Å². The minimum atomic E-state index is -0.289. The van der Waals surface area contributed by atoms with Crippen molar-refractivity contribution in [3.8, 4) is 28.6 Å². The van der Waals surface area contributed by atoms with Crippen LogP contribution in [0.1, 0.15) is 26.8 Å². The zero-order chi connectivity index (χ0) is 20.2. The molecule has 0 spiro atoms. The van der Waals surface area contributed by atoms with E-state index < -0.39 is 0 Å². The van der Waals surface area contributed by atoms with Crippen molar-refractivity contribution >= 4 is 0 Å². The van der Waals surface area contributed by atoms with Crippen LogP contribution in [0, 0.1) is 0 Å². The highest BCUT2D eigenvalue weighted by Crippen LogP contribution is 2.32. The molecule has 1 aromatic heterocycles. The molecule has 3 heterocycles. The number of nitrogens with zero attached hydrogens (tertiary/aromatic N) is 2. The first-order valence-corrected chi connectivity index (χ1v) is 9.99. The number of aryl methyl sites for hydroxylation is 1. The topological polar surface area (TPSA) is 62.6 Å². The smallest absolute Gasteiger partial charge is 0.351 e. The van der Waals surface area contributed by atoms with E-state index in [9.17, 15) is 4.79 Å². The van der Waals surface area contributed by atoms with Gasteiger partial charge in [0.1, 0.15) is 13.2 Å². The van der Waals surface area contributed by atoms with Crippen molar-refractivity contribution in [2.45, 2.75) is 40.3 Å². The number of ether oxygens (including phenoxy) is 3. The fourth-order valence-electron chi connectivity index (χ4n) is 3.54. The van der Waals surface area contributed by atoms with Crippen LogP contribution in [0.15, 0.2) is 59.4 Å². The first-order chi connectivity index (χ1) is 14.3. The van der Waals surface area contributed by atoms with Gasteiger partial charge in [0.25, 0.3) is 0 Å². The van der Waals surface area contributed by atoms with Gasteiger partial charge in [-0.1, -0.05) is 57.7 Å². The van der Waals surface area contributed by atoms with E-state index >= 15 is 0 Å². The molecule has 2 aliphatic heterocycles. The summed E-state index contributed by atoms with van der Waals surface area (Å²) in [5, 5.41) is 0. The molecule has 0 amide bonds. The van der Waals surface area contributed by atoms with Gasteiger partial charge in [0.15, 0.2) is 17.6 Å². The predicted molar refractivity (Wildman–Crippen MR) is 118 cm³/mol. The SMILES string of the molecule is C.CC.O=c1nc(OCC2COc3ccccc3O2)cc2n1CCc1ccccc1-2. The van der Waals surface area contributed by atoms with Gasteiger partial charge in [0.2, 0.25) is 5.88 Å². The molecule has 0 saturated carbocycles. The van der Waals surface area contributed by atoms with Crippen LogP contribution in [0.3, 0.4) is 0 Å². The number of aromatic nitrogens is 2. The molecule has 0 radical (unpaired) electrons. The van der Waals surface area contributed by atoms with E-state index in [1.54, 1.807) is 4.57 Å². The number of benzene rings is 2. The zero-order valence-corrected chi connectivity index (χ0v) is 16.6. The summed E-state index contributed by atoms with van der Waals surface area (Å²) < 4.78 is 19.1. The van der Waals surface area contributed by atoms with E-state index in [-0.39, 0.29) is 25.8 Å². The Hall–Kier alpha value is -3.28. The molecule has 6 heteroatoms. The van der Waals surface area contributed by atoms with E-state index in [2.05, 4.69) is 11.1 Å². The summed E-state index contributed by atoms with van der Waals surface area (Å²) >= 11 is 0. The van der Waals surface area contributed by atoms with Crippen LogP contribution in [0.2, 0.25) is 0 Å². The van der Waals surface area contributed by atoms with Gasteiger partial charge in [-0.2, -0.15) is 4.98 Å². The number of hydrogen-bond acceptors (Lipinski definition) is 5. The maximum atomic E-state index is 12.4. The molecule has 0 N–H and O–H groups in total.